The lowest BCUT2D eigenvalue weighted by molar-refractivity contribution is -0.156. The Bertz CT molecular complexity index is 967. The number of cyclic esters (lactones) is 1. The lowest BCUT2D eigenvalue weighted by Crippen LogP contribution is -2.31. The molecule has 1 heterocycles. The van der Waals surface area contributed by atoms with Crippen molar-refractivity contribution >= 4 is 12.0 Å². The Labute approximate surface area is 187 Å². The van der Waals surface area contributed by atoms with E-state index in [-0.39, 0.29) is 31.4 Å². The fourth-order valence-corrected chi connectivity index (χ4v) is 3.81. The van der Waals surface area contributed by atoms with E-state index in [1.165, 1.54) is 19.2 Å². The third-order valence-electron chi connectivity index (χ3n) is 5.30. The number of carbonyl (C=O) groups is 1. The SMILES string of the molecule is COc1cc(C(C)C)c(C=CC2CC(O)CC(=O)O2)c(-c2ccc(F)cc2)c1OCCO. The lowest BCUT2D eigenvalue weighted by atomic mass is 9.88. The summed E-state index contributed by atoms with van der Waals surface area (Å²) in [6, 6.07) is 7.92. The molecule has 0 spiro atoms. The zero-order valence-corrected chi connectivity index (χ0v) is 18.5. The van der Waals surface area contributed by atoms with E-state index in [9.17, 15) is 19.4 Å². The summed E-state index contributed by atoms with van der Waals surface area (Å²) in [6.45, 7) is 3.96. The molecule has 0 amide bonds. The molecule has 0 aliphatic carbocycles. The summed E-state index contributed by atoms with van der Waals surface area (Å²) in [5.74, 6) is 0.229. The van der Waals surface area contributed by atoms with Crippen LogP contribution >= 0.6 is 0 Å². The molecule has 2 aromatic rings. The number of ether oxygens (including phenoxy) is 3. The molecule has 1 aliphatic rings. The summed E-state index contributed by atoms with van der Waals surface area (Å²) in [5.41, 5.74) is 3.15. The van der Waals surface area contributed by atoms with Crippen molar-refractivity contribution in [1.29, 1.82) is 0 Å². The Morgan fingerprint density at radius 1 is 1.28 bits per heavy atom. The van der Waals surface area contributed by atoms with Crippen molar-refractivity contribution in [3.8, 4) is 22.6 Å². The Morgan fingerprint density at radius 2 is 2.00 bits per heavy atom. The number of aliphatic hydroxyl groups is 2. The van der Waals surface area contributed by atoms with E-state index in [0.717, 1.165) is 11.1 Å². The van der Waals surface area contributed by atoms with Crippen LogP contribution in [0.15, 0.2) is 36.4 Å². The summed E-state index contributed by atoms with van der Waals surface area (Å²) in [5, 5.41) is 19.3. The highest BCUT2D eigenvalue weighted by Crippen LogP contribution is 2.45. The number of halogens is 1. The molecule has 0 aromatic heterocycles. The molecule has 1 saturated heterocycles. The molecule has 2 aromatic carbocycles. The second kappa shape index (κ2) is 10.6. The van der Waals surface area contributed by atoms with Crippen LogP contribution in [0.2, 0.25) is 0 Å². The van der Waals surface area contributed by atoms with E-state index in [1.54, 1.807) is 18.2 Å². The first-order valence-electron chi connectivity index (χ1n) is 10.6. The molecule has 172 valence electrons. The topological polar surface area (TPSA) is 85.2 Å². The van der Waals surface area contributed by atoms with Gasteiger partial charge in [0.25, 0.3) is 0 Å². The van der Waals surface area contributed by atoms with E-state index in [4.69, 9.17) is 14.2 Å². The average molecular weight is 444 g/mol. The second-order valence-electron chi connectivity index (χ2n) is 8.00. The summed E-state index contributed by atoms with van der Waals surface area (Å²) in [6.07, 6.45) is 2.59. The quantitative estimate of drug-likeness (QED) is 0.597. The minimum atomic E-state index is -0.744. The predicted molar refractivity (Wildman–Crippen MR) is 119 cm³/mol. The van der Waals surface area contributed by atoms with Gasteiger partial charge >= 0.3 is 5.97 Å². The normalized spacial score (nSPS) is 18.8. The number of benzene rings is 2. The van der Waals surface area contributed by atoms with Crippen molar-refractivity contribution in [2.75, 3.05) is 20.3 Å². The van der Waals surface area contributed by atoms with Gasteiger partial charge < -0.3 is 24.4 Å². The van der Waals surface area contributed by atoms with Gasteiger partial charge in [-0.3, -0.25) is 4.79 Å². The molecular formula is C25H29FO6. The van der Waals surface area contributed by atoms with Gasteiger partial charge in [-0.2, -0.15) is 0 Å². The van der Waals surface area contributed by atoms with E-state index in [2.05, 4.69) is 0 Å². The molecule has 2 atom stereocenters. The van der Waals surface area contributed by atoms with Crippen LogP contribution in [0, 0.1) is 5.82 Å². The number of esters is 1. The summed E-state index contributed by atoms with van der Waals surface area (Å²) in [7, 11) is 1.54. The maximum atomic E-state index is 13.6. The van der Waals surface area contributed by atoms with E-state index in [0.29, 0.717) is 29.0 Å². The summed E-state index contributed by atoms with van der Waals surface area (Å²) < 4.78 is 30.5. The predicted octanol–water partition coefficient (Wildman–Crippen LogP) is 4.08. The summed E-state index contributed by atoms with van der Waals surface area (Å²) in [4.78, 5) is 11.7. The first-order valence-corrected chi connectivity index (χ1v) is 10.6. The Balaban J connectivity index is 2.20. The first-order chi connectivity index (χ1) is 15.3. The lowest BCUT2D eigenvalue weighted by Gasteiger charge is -2.25. The molecule has 0 bridgehead atoms. The molecule has 2 unspecified atom stereocenters. The van der Waals surface area contributed by atoms with Gasteiger partial charge in [0.05, 0.1) is 26.2 Å². The van der Waals surface area contributed by atoms with Gasteiger partial charge in [-0.25, -0.2) is 4.39 Å². The third kappa shape index (κ3) is 5.47. The molecule has 32 heavy (non-hydrogen) atoms. The molecule has 0 radical (unpaired) electrons. The Kier molecular flexibility index (Phi) is 7.88. The van der Waals surface area contributed by atoms with Crippen LogP contribution in [0.5, 0.6) is 11.5 Å². The largest absolute Gasteiger partial charge is 0.493 e. The van der Waals surface area contributed by atoms with Crippen LogP contribution in [0.1, 0.15) is 43.7 Å². The van der Waals surface area contributed by atoms with Crippen molar-refractivity contribution in [3.63, 3.8) is 0 Å². The fourth-order valence-electron chi connectivity index (χ4n) is 3.81. The number of hydrogen-bond donors (Lipinski definition) is 2. The van der Waals surface area contributed by atoms with Gasteiger partial charge in [0.2, 0.25) is 0 Å². The molecule has 6 nitrogen and oxygen atoms in total. The maximum Gasteiger partial charge on any atom is 0.309 e. The van der Waals surface area contributed by atoms with Crippen molar-refractivity contribution in [2.24, 2.45) is 0 Å². The van der Waals surface area contributed by atoms with Crippen molar-refractivity contribution in [3.05, 3.63) is 53.4 Å². The van der Waals surface area contributed by atoms with Gasteiger partial charge in [-0.05, 0) is 46.9 Å². The monoisotopic (exact) mass is 444 g/mol. The van der Waals surface area contributed by atoms with Crippen LogP contribution in [-0.2, 0) is 9.53 Å². The van der Waals surface area contributed by atoms with Gasteiger partial charge in [0, 0.05) is 12.0 Å². The molecule has 1 fully saturated rings. The average Bonchev–Trinajstić information content (AvgIpc) is 2.75. The summed E-state index contributed by atoms with van der Waals surface area (Å²) >= 11 is 0. The van der Waals surface area contributed by atoms with Crippen LogP contribution in [-0.4, -0.2) is 48.7 Å². The van der Waals surface area contributed by atoms with Gasteiger partial charge in [-0.1, -0.05) is 32.1 Å². The maximum absolute atomic E-state index is 13.6. The number of methoxy groups -OCH3 is 1. The fraction of sp³-hybridized carbons (Fsp3) is 0.400. The van der Waals surface area contributed by atoms with Gasteiger partial charge in [-0.15, -0.1) is 0 Å². The zero-order valence-electron chi connectivity index (χ0n) is 18.5. The second-order valence-corrected chi connectivity index (χ2v) is 8.00. The Morgan fingerprint density at radius 3 is 2.59 bits per heavy atom. The van der Waals surface area contributed by atoms with Crippen molar-refractivity contribution < 1.29 is 33.6 Å². The van der Waals surface area contributed by atoms with E-state index in [1.807, 2.05) is 26.0 Å². The smallest absolute Gasteiger partial charge is 0.309 e. The van der Waals surface area contributed by atoms with Crippen LogP contribution in [0.25, 0.3) is 17.2 Å². The van der Waals surface area contributed by atoms with Gasteiger partial charge in [0.15, 0.2) is 11.5 Å². The highest BCUT2D eigenvalue weighted by Gasteiger charge is 2.26. The Hall–Kier alpha value is -2.90. The number of rotatable bonds is 8. The van der Waals surface area contributed by atoms with Crippen molar-refractivity contribution in [2.45, 2.75) is 44.8 Å². The minimum absolute atomic E-state index is 0.00982. The molecule has 1 aliphatic heterocycles. The number of hydrogen-bond acceptors (Lipinski definition) is 6. The molecule has 2 N–H and O–H groups in total. The standard InChI is InChI=1S/C25H29FO6/c1-15(2)21-14-22(30-3)25(31-11-10-27)24(16-4-6-17(26)7-5-16)20(21)9-8-19-12-18(28)13-23(29)32-19/h4-9,14-15,18-19,27-28H,10-13H2,1-3H3. The molecule has 3 rings (SSSR count). The van der Waals surface area contributed by atoms with Crippen LogP contribution in [0.4, 0.5) is 4.39 Å². The highest BCUT2D eigenvalue weighted by molar-refractivity contribution is 5.85. The number of carbonyl (C=O) groups excluding carboxylic acids is 1. The van der Waals surface area contributed by atoms with Crippen molar-refractivity contribution in [1.82, 2.24) is 0 Å². The zero-order chi connectivity index (χ0) is 23.3. The van der Waals surface area contributed by atoms with E-state index >= 15 is 0 Å². The molecule has 7 heteroatoms. The first kappa shape index (κ1) is 23.8. The number of aliphatic hydroxyl groups excluding tert-OH is 2. The van der Waals surface area contributed by atoms with Crippen LogP contribution in [0.3, 0.4) is 0 Å². The highest BCUT2D eigenvalue weighted by atomic mass is 19.1. The third-order valence-corrected chi connectivity index (χ3v) is 5.30. The minimum Gasteiger partial charge on any atom is -0.493 e. The molecular weight excluding hydrogens is 415 g/mol. The van der Waals surface area contributed by atoms with E-state index < -0.39 is 18.2 Å². The van der Waals surface area contributed by atoms with Gasteiger partial charge in [0.1, 0.15) is 18.5 Å². The van der Waals surface area contributed by atoms with Crippen LogP contribution < -0.4 is 9.47 Å². The molecule has 0 saturated carbocycles.